The molecule has 0 aliphatic carbocycles. The van der Waals surface area contributed by atoms with Crippen LogP contribution in [0.4, 0.5) is 0 Å². The Bertz CT molecular complexity index is 305. The molecule has 17 heavy (non-hydrogen) atoms. The van der Waals surface area contributed by atoms with E-state index in [1.54, 1.807) is 0 Å². The molecule has 96 valence electrons. The Labute approximate surface area is 106 Å². The largest absolute Gasteiger partial charge is 0.390 e. The molecule has 1 heteroatoms. The Morgan fingerprint density at radius 3 is 2.35 bits per heavy atom. The van der Waals surface area contributed by atoms with Crippen LogP contribution in [0.1, 0.15) is 52.0 Å². The maximum atomic E-state index is 10.6. The lowest BCUT2D eigenvalue weighted by atomic mass is 9.86. The van der Waals surface area contributed by atoms with Crippen LogP contribution in [0.3, 0.4) is 0 Å². The first kappa shape index (κ1) is 14.2. The molecule has 0 radical (unpaired) electrons. The van der Waals surface area contributed by atoms with E-state index in [9.17, 15) is 5.11 Å². The molecule has 1 unspecified atom stereocenters. The van der Waals surface area contributed by atoms with Crippen LogP contribution in [-0.2, 0) is 6.42 Å². The van der Waals surface area contributed by atoms with Gasteiger partial charge in [-0.05, 0) is 24.3 Å². The Hall–Kier alpha value is -0.820. The van der Waals surface area contributed by atoms with E-state index < -0.39 is 5.60 Å². The van der Waals surface area contributed by atoms with Gasteiger partial charge >= 0.3 is 0 Å². The minimum atomic E-state index is -0.518. The Kier molecular flexibility index (Phi) is 5.70. The van der Waals surface area contributed by atoms with Crippen LogP contribution in [0.25, 0.3) is 0 Å². The van der Waals surface area contributed by atoms with Crippen LogP contribution in [-0.4, -0.2) is 10.7 Å². The van der Waals surface area contributed by atoms with Gasteiger partial charge in [-0.25, -0.2) is 0 Å². The van der Waals surface area contributed by atoms with Crippen LogP contribution in [0.15, 0.2) is 30.3 Å². The first-order valence-corrected chi connectivity index (χ1v) is 6.82. The zero-order valence-electron chi connectivity index (χ0n) is 11.4. The molecule has 1 aromatic carbocycles. The fraction of sp³-hybridized carbons (Fsp3) is 0.625. The van der Waals surface area contributed by atoms with Gasteiger partial charge in [0.25, 0.3) is 0 Å². The second-order valence-corrected chi connectivity index (χ2v) is 5.53. The van der Waals surface area contributed by atoms with Gasteiger partial charge in [-0.15, -0.1) is 0 Å². The predicted molar refractivity (Wildman–Crippen MR) is 74.1 cm³/mol. The minimum absolute atomic E-state index is 0.518. The molecule has 1 rings (SSSR count). The molecule has 1 N–H and O–H groups in total. The molecule has 0 heterocycles. The van der Waals surface area contributed by atoms with Crippen molar-refractivity contribution in [3.05, 3.63) is 35.9 Å². The Morgan fingerprint density at radius 1 is 1.18 bits per heavy atom. The van der Waals surface area contributed by atoms with Crippen molar-refractivity contribution in [1.29, 1.82) is 0 Å². The van der Waals surface area contributed by atoms with Crippen molar-refractivity contribution < 1.29 is 5.11 Å². The average Bonchev–Trinajstić information content (AvgIpc) is 2.30. The van der Waals surface area contributed by atoms with Gasteiger partial charge in [0.05, 0.1) is 5.60 Å². The van der Waals surface area contributed by atoms with Gasteiger partial charge in [0.1, 0.15) is 0 Å². The lowest BCUT2D eigenvalue weighted by molar-refractivity contribution is 0.0246. The molecule has 1 nitrogen and oxygen atoms in total. The molecule has 0 saturated carbocycles. The standard InChI is InChI=1S/C16H26O/c1-4-16(17,12-8-9-14(2)3)13-15-10-6-5-7-11-15/h5-7,10-11,14,17H,4,8-9,12-13H2,1-3H3. The summed E-state index contributed by atoms with van der Waals surface area (Å²) in [5.74, 6) is 0.729. The molecular weight excluding hydrogens is 208 g/mol. The highest BCUT2D eigenvalue weighted by Crippen LogP contribution is 2.24. The summed E-state index contributed by atoms with van der Waals surface area (Å²) < 4.78 is 0. The van der Waals surface area contributed by atoms with Crippen molar-refractivity contribution in [2.45, 2.75) is 58.5 Å². The summed E-state index contributed by atoms with van der Waals surface area (Å²) in [5, 5.41) is 10.6. The van der Waals surface area contributed by atoms with E-state index >= 15 is 0 Å². The lowest BCUT2D eigenvalue weighted by Gasteiger charge is -2.27. The van der Waals surface area contributed by atoms with E-state index in [2.05, 4.69) is 32.9 Å². The Balaban J connectivity index is 2.50. The molecule has 0 bridgehead atoms. The maximum Gasteiger partial charge on any atom is 0.0685 e. The van der Waals surface area contributed by atoms with Crippen molar-refractivity contribution in [2.24, 2.45) is 5.92 Å². The summed E-state index contributed by atoms with van der Waals surface area (Å²) >= 11 is 0. The molecule has 1 atom stereocenters. The monoisotopic (exact) mass is 234 g/mol. The first-order valence-electron chi connectivity index (χ1n) is 6.82. The van der Waals surface area contributed by atoms with Crippen LogP contribution >= 0.6 is 0 Å². The van der Waals surface area contributed by atoms with Gasteiger partial charge in [-0.2, -0.15) is 0 Å². The molecule has 0 fully saturated rings. The molecular formula is C16H26O. The van der Waals surface area contributed by atoms with Crippen LogP contribution < -0.4 is 0 Å². The summed E-state index contributed by atoms with van der Waals surface area (Å²) in [6.45, 7) is 6.56. The van der Waals surface area contributed by atoms with Gasteiger partial charge in [-0.3, -0.25) is 0 Å². The first-order chi connectivity index (χ1) is 8.06. The smallest absolute Gasteiger partial charge is 0.0685 e. The van der Waals surface area contributed by atoms with Crippen molar-refractivity contribution in [2.75, 3.05) is 0 Å². The third-order valence-electron chi connectivity index (χ3n) is 3.46. The number of hydrogen-bond donors (Lipinski definition) is 1. The van der Waals surface area contributed by atoms with E-state index in [4.69, 9.17) is 0 Å². The quantitative estimate of drug-likeness (QED) is 0.749. The topological polar surface area (TPSA) is 20.2 Å². The van der Waals surface area contributed by atoms with E-state index in [0.717, 1.165) is 31.6 Å². The van der Waals surface area contributed by atoms with Crippen molar-refractivity contribution in [3.63, 3.8) is 0 Å². The van der Waals surface area contributed by atoms with Gasteiger partial charge in [0.15, 0.2) is 0 Å². The highest BCUT2D eigenvalue weighted by atomic mass is 16.3. The number of benzene rings is 1. The molecule has 0 spiro atoms. The Morgan fingerprint density at radius 2 is 1.82 bits per heavy atom. The molecule has 0 aliphatic heterocycles. The summed E-state index contributed by atoms with van der Waals surface area (Å²) in [7, 11) is 0. The summed E-state index contributed by atoms with van der Waals surface area (Å²) in [4.78, 5) is 0. The lowest BCUT2D eigenvalue weighted by Crippen LogP contribution is -2.30. The third-order valence-corrected chi connectivity index (χ3v) is 3.46. The molecule has 0 amide bonds. The zero-order chi connectivity index (χ0) is 12.7. The highest BCUT2D eigenvalue weighted by Gasteiger charge is 2.24. The summed E-state index contributed by atoms with van der Waals surface area (Å²) in [6.07, 6.45) is 4.85. The zero-order valence-corrected chi connectivity index (χ0v) is 11.4. The molecule has 0 saturated heterocycles. The molecule has 0 aromatic heterocycles. The van der Waals surface area contributed by atoms with Gasteiger partial charge in [0.2, 0.25) is 0 Å². The van der Waals surface area contributed by atoms with Gasteiger partial charge in [0, 0.05) is 6.42 Å². The second kappa shape index (κ2) is 6.80. The van der Waals surface area contributed by atoms with E-state index in [1.807, 2.05) is 18.2 Å². The minimum Gasteiger partial charge on any atom is -0.390 e. The number of aliphatic hydroxyl groups is 1. The fourth-order valence-corrected chi connectivity index (χ4v) is 2.21. The van der Waals surface area contributed by atoms with Crippen molar-refractivity contribution in [3.8, 4) is 0 Å². The highest BCUT2D eigenvalue weighted by molar-refractivity contribution is 5.16. The van der Waals surface area contributed by atoms with E-state index in [1.165, 1.54) is 12.0 Å². The van der Waals surface area contributed by atoms with Crippen LogP contribution in [0.2, 0.25) is 0 Å². The molecule has 0 aliphatic rings. The van der Waals surface area contributed by atoms with Crippen molar-refractivity contribution in [1.82, 2.24) is 0 Å². The number of rotatable bonds is 7. The maximum absolute atomic E-state index is 10.6. The summed E-state index contributed by atoms with van der Waals surface area (Å²) in [6, 6.07) is 10.3. The number of hydrogen-bond acceptors (Lipinski definition) is 1. The normalized spacial score (nSPS) is 14.9. The van der Waals surface area contributed by atoms with E-state index in [0.29, 0.717) is 0 Å². The SMILES string of the molecule is CCC(O)(CCCC(C)C)Cc1ccccc1. The summed E-state index contributed by atoms with van der Waals surface area (Å²) in [5.41, 5.74) is 0.720. The van der Waals surface area contributed by atoms with Gasteiger partial charge < -0.3 is 5.11 Å². The van der Waals surface area contributed by atoms with E-state index in [-0.39, 0.29) is 0 Å². The van der Waals surface area contributed by atoms with Gasteiger partial charge in [-0.1, -0.05) is 63.9 Å². The fourth-order valence-electron chi connectivity index (χ4n) is 2.21. The second-order valence-electron chi connectivity index (χ2n) is 5.53. The third kappa shape index (κ3) is 5.36. The van der Waals surface area contributed by atoms with Crippen molar-refractivity contribution >= 4 is 0 Å². The predicted octanol–water partition coefficient (Wildman–Crippen LogP) is 4.20. The molecule has 1 aromatic rings. The van der Waals surface area contributed by atoms with Crippen LogP contribution in [0.5, 0.6) is 0 Å². The average molecular weight is 234 g/mol. The van der Waals surface area contributed by atoms with Crippen LogP contribution in [0, 0.1) is 5.92 Å².